The smallest absolute Gasteiger partial charge is 0.257 e. The van der Waals surface area contributed by atoms with Crippen molar-refractivity contribution in [2.75, 3.05) is 18.8 Å². The van der Waals surface area contributed by atoms with Crippen LogP contribution in [-0.4, -0.2) is 40.1 Å². The second-order valence-electron chi connectivity index (χ2n) is 3.80. The Morgan fingerprint density at radius 3 is 3.06 bits per heavy atom. The lowest BCUT2D eigenvalue weighted by atomic mass is 10.2. The highest BCUT2D eigenvalue weighted by molar-refractivity contribution is 6.32. The Kier molecular flexibility index (Phi) is 2.98. The predicted molar refractivity (Wildman–Crippen MR) is 60.2 cm³/mol. The molecule has 86 valence electrons. The van der Waals surface area contributed by atoms with Gasteiger partial charge in [0.2, 0.25) is 0 Å². The second kappa shape index (κ2) is 4.27. The normalized spacial score (nSPS) is 20.1. The standard InChI is InChI=1S/C10H12ClN3O2/c11-9-8(3-6(12)4-13-9)10(16)14-2-1-7(15)5-14/h3-4,7,15H,1-2,5,12H2/t7-/m0/s1. The quantitative estimate of drug-likeness (QED) is 0.703. The van der Waals surface area contributed by atoms with Crippen molar-refractivity contribution in [1.29, 1.82) is 0 Å². The van der Waals surface area contributed by atoms with Crippen molar-refractivity contribution in [2.24, 2.45) is 0 Å². The molecule has 3 N–H and O–H groups in total. The van der Waals surface area contributed by atoms with Gasteiger partial charge in [-0.05, 0) is 12.5 Å². The molecule has 2 heterocycles. The summed E-state index contributed by atoms with van der Waals surface area (Å²) in [6.45, 7) is 0.870. The highest BCUT2D eigenvalue weighted by atomic mass is 35.5. The maximum atomic E-state index is 12.0. The predicted octanol–water partition coefficient (Wildman–Crippen LogP) is 0.524. The van der Waals surface area contributed by atoms with Crippen molar-refractivity contribution < 1.29 is 9.90 Å². The molecule has 1 fully saturated rings. The Labute approximate surface area is 97.8 Å². The topological polar surface area (TPSA) is 79.5 Å². The minimum Gasteiger partial charge on any atom is -0.397 e. The molecule has 1 atom stereocenters. The fraction of sp³-hybridized carbons (Fsp3) is 0.400. The molecule has 2 rings (SSSR count). The summed E-state index contributed by atoms with van der Waals surface area (Å²) in [4.78, 5) is 17.4. The van der Waals surface area contributed by atoms with Crippen molar-refractivity contribution in [1.82, 2.24) is 9.88 Å². The van der Waals surface area contributed by atoms with Crippen LogP contribution >= 0.6 is 11.6 Å². The van der Waals surface area contributed by atoms with Crippen LogP contribution in [0.2, 0.25) is 5.15 Å². The molecule has 0 unspecified atom stereocenters. The highest BCUT2D eigenvalue weighted by Crippen LogP contribution is 2.20. The summed E-state index contributed by atoms with van der Waals surface area (Å²) >= 11 is 5.83. The third-order valence-corrected chi connectivity index (χ3v) is 2.84. The second-order valence-corrected chi connectivity index (χ2v) is 4.16. The lowest BCUT2D eigenvalue weighted by molar-refractivity contribution is 0.0765. The number of halogens is 1. The lowest BCUT2D eigenvalue weighted by Crippen LogP contribution is -2.30. The summed E-state index contributed by atoms with van der Waals surface area (Å²) < 4.78 is 0. The average Bonchev–Trinajstić information content (AvgIpc) is 2.67. The molecule has 6 heteroatoms. The number of carbonyl (C=O) groups is 1. The van der Waals surface area contributed by atoms with Gasteiger partial charge in [0.05, 0.1) is 23.6 Å². The van der Waals surface area contributed by atoms with Crippen LogP contribution < -0.4 is 5.73 Å². The first-order valence-corrected chi connectivity index (χ1v) is 5.34. The van der Waals surface area contributed by atoms with E-state index in [-0.39, 0.29) is 16.6 Å². The first kappa shape index (κ1) is 11.2. The van der Waals surface area contributed by atoms with E-state index < -0.39 is 6.10 Å². The fourth-order valence-corrected chi connectivity index (χ4v) is 1.90. The molecule has 0 bridgehead atoms. The SMILES string of the molecule is Nc1cnc(Cl)c(C(=O)N2CC[C@H](O)C2)c1. The summed E-state index contributed by atoms with van der Waals surface area (Å²) in [7, 11) is 0. The average molecular weight is 242 g/mol. The number of carbonyl (C=O) groups excluding carboxylic acids is 1. The Morgan fingerprint density at radius 1 is 1.69 bits per heavy atom. The van der Waals surface area contributed by atoms with Crippen molar-refractivity contribution in [3.8, 4) is 0 Å². The zero-order chi connectivity index (χ0) is 11.7. The molecule has 1 aromatic heterocycles. The minimum absolute atomic E-state index is 0.139. The number of likely N-dealkylation sites (tertiary alicyclic amines) is 1. The number of aromatic nitrogens is 1. The van der Waals surface area contributed by atoms with E-state index in [1.54, 1.807) is 4.90 Å². The lowest BCUT2D eigenvalue weighted by Gasteiger charge is -2.16. The number of amides is 1. The van der Waals surface area contributed by atoms with Crippen LogP contribution in [-0.2, 0) is 0 Å². The number of nitrogen functional groups attached to an aromatic ring is 1. The zero-order valence-electron chi connectivity index (χ0n) is 8.56. The Hall–Kier alpha value is -1.33. The molecular weight excluding hydrogens is 230 g/mol. The minimum atomic E-state index is -0.447. The molecule has 1 amide bonds. The molecule has 1 aliphatic rings. The van der Waals surface area contributed by atoms with Crippen LogP contribution in [0.25, 0.3) is 0 Å². The van der Waals surface area contributed by atoms with E-state index in [1.807, 2.05) is 0 Å². The Bertz CT molecular complexity index is 425. The summed E-state index contributed by atoms with van der Waals surface area (Å²) in [6.07, 6.45) is 1.55. The maximum Gasteiger partial charge on any atom is 0.257 e. The molecule has 0 aliphatic carbocycles. The molecular formula is C10H12ClN3O2. The first-order valence-electron chi connectivity index (χ1n) is 4.96. The number of anilines is 1. The molecule has 1 saturated heterocycles. The molecule has 0 aromatic carbocycles. The van der Waals surface area contributed by atoms with Crippen LogP contribution in [0.4, 0.5) is 5.69 Å². The van der Waals surface area contributed by atoms with Gasteiger partial charge in [0, 0.05) is 13.1 Å². The van der Waals surface area contributed by atoms with Gasteiger partial charge in [0.25, 0.3) is 5.91 Å². The monoisotopic (exact) mass is 241 g/mol. The Balaban J connectivity index is 2.23. The van der Waals surface area contributed by atoms with Crippen molar-refractivity contribution in [3.63, 3.8) is 0 Å². The first-order chi connectivity index (χ1) is 7.58. The van der Waals surface area contributed by atoms with Gasteiger partial charge in [-0.3, -0.25) is 4.79 Å². The third kappa shape index (κ3) is 2.10. The van der Waals surface area contributed by atoms with Gasteiger partial charge < -0.3 is 15.7 Å². The molecule has 0 radical (unpaired) electrons. The van der Waals surface area contributed by atoms with Crippen molar-refractivity contribution in [3.05, 3.63) is 23.0 Å². The van der Waals surface area contributed by atoms with Gasteiger partial charge >= 0.3 is 0 Å². The molecule has 0 spiro atoms. The van der Waals surface area contributed by atoms with E-state index >= 15 is 0 Å². The number of β-amino-alcohol motifs (C(OH)–C–C–N with tert-alkyl or cyclic N) is 1. The molecule has 1 aromatic rings. The van der Waals surface area contributed by atoms with E-state index in [1.165, 1.54) is 12.3 Å². The number of pyridine rings is 1. The summed E-state index contributed by atoms with van der Waals surface area (Å²) in [5, 5.41) is 9.49. The van der Waals surface area contributed by atoms with E-state index in [4.69, 9.17) is 17.3 Å². The van der Waals surface area contributed by atoms with Gasteiger partial charge in [0.1, 0.15) is 5.15 Å². The number of rotatable bonds is 1. The number of aliphatic hydroxyl groups is 1. The number of nitrogens with zero attached hydrogens (tertiary/aromatic N) is 2. The number of hydrogen-bond acceptors (Lipinski definition) is 4. The van der Waals surface area contributed by atoms with Crippen LogP contribution in [0.3, 0.4) is 0 Å². The van der Waals surface area contributed by atoms with Crippen LogP contribution in [0.1, 0.15) is 16.8 Å². The van der Waals surface area contributed by atoms with E-state index in [0.717, 1.165) is 0 Å². The number of nitrogens with two attached hydrogens (primary N) is 1. The van der Waals surface area contributed by atoms with Crippen molar-refractivity contribution in [2.45, 2.75) is 12.5 Å². The highest BCUT2D eigenvalue weighted by Gasteiger charge is 2.26. The summed E-state index contributed by atoms with van der Waals surface area (Å²) in [5.74, 6) is -0.235. The fourth-order valence-electron chi connectivity index (χ4n) is 1.71. The maximum absolute atomic E-state index is 12.0. The molecule has 0 saturated carbocycles. The third-order valence-electron chi connectivity index (χ3n) is 2.54. The van der Waals surface area contributed by atoms with Gasteiger partial charge in [0.15, 0.2) is 0 Å². The molecule has 5 nitrogen and oxygen atoms in total. The van der Waals surface area contributed by atoms with Crippen LogP contribution in [0, 0.1) is 0 Å². The molecule has 1 aliphatic heterocycles. The molecule has 16 heavy (non-hydrogen) atoms. The number of hydrogen-bond donors (Lipinski definition) is 2. The van der Waals surface area contributed by atoms with Gasteiger partial charge in [-0.1, -0.05) is 11.6 Å². The van der Waals surface area contributed by atoms with Crippen LogP contribution in [0.15, 0.2) is 12.3 Å². The van der Waals surface area contributed by atoms with E-state index in [2.05, 4.69) is 4.98 Å². The zero-order valence-corrected chi connectivity index (χ0v) is 9.31. The van der Waals surface area contributed by atoms with Gasteiger partial charge in [-0.25, -0.2) is 4.98 Å². The number of aliphatic hydroxyl groups excluding tert-OH is 1. The Morgan fingerprint density at radius 2 is 2.44 bits per heavy atom. The van der Waals surface area contributed by atoms with Gasteiger partial charge in [-0.15, -0.1) is 0 Å². The largest absolute Gasteiger partial charge is 0.397 e. The van der Waals surface area contributed by atoms with Gasteiger partial charge in [-0.2, -0.15) is 0 Å². The van der Waals surface area contributed by atoms with E-state index in [9.17, 15) is 9.90 Å². The summed E-state index contributed by atoms with van der Waals surface area (Å²) in [5.41, 5.74) is 6.23. The van der Waals surface area contributed by atoms with E-state index in [0.29, 0.717) is 25.2 Å². The summed E-state index contributed by atoms with van der Waals surface area (Å²) in [6, 6.07) is 1.50. The van der Waals surface area contributed by atoms with Crippen LogP contribution in [0.5, 0.6) is 0 Å². The van der Waals surface area contributed by atoms with Crippen molar-refractivity contribution >= 4 is 23.2 Å².